The number of rotatable bonds is 9. The van der Waals surface area contributed by atoms with E-state index in [4.69, 9.17) is 9.47 Å². The third-order valence-electron chi connectivity index (χ3n) is 5.11. The maximum atomic E-state index is 12.3. The molecule has 0 spiro atoms. The topological polar surface area (TPSA) is 73.3 Å². The number of anilines is 1. The number of methoxy groups -OCH3 is 1. The maximum Gasteiger partial charge on any atom is 0.328 e. The second kappa shape index (κ2) is 14.3. The molecule has 0 aliphatic heterocycles. The van der Waals surface area contributed by atoms with Gasteiger partial charge in [-0.05, 0) is 41.5 Å². The quantitative estimate of drug-likeness (QED) is 0.280. The molecule has 0 bridgehead atoms. The van der Waals surface area contributed by atoms with Crippen LogP contribution >= 0.6 is 0 Å². The first-order chi connectivity index (χ1) is 17.6. The van der Waals surface area contributed by atoms with Crippen LogP contribution in [0.25, 0.3) is 11.4 Å². The van der Waals surface area contributed by atoms with Gasteiger partial charge >= 0.3 is 5.97 Å². The van der Waals surface area contributed by atoms with Gasteiger partial charge < -0.3 is 14.8 Å². The zero-order valence-electron chi connectivity index (χ0n) is 21.1. The van der Waals surface area contributed by atoms with Crippen LogP contribution in [-0.4, -0.2) is 29.1 Å². The summed E-state index contributed by atoms with van der Waals surface area (Å²) in [6.07, 6.45) is 3.40. The van der Waals surface area contributed by atoms with Crippen molar-refractivity contribution in [2.45, 2.75) is 39.3 Å². The molecule has 0 fully saturated rings. The monoisotopic (exact) mass is 483 g/mol. The Bertz CT molecular complexity index is 1180. The smallest absolute Gasteiger partial charge is 0.328 e. The van der Waals surface area contributed by atoms with Crippen LogP contribution in [0.2, 0.25) is 0 Å². The predicted molar refractivity (Wildman–Crippen MR) is 144 cm³/mol. The lowest BCUT2D eigenvalue weighted by atomic mass is 10.1. The Kier molecular flexibility index (Phi) is 10.5. The van der Waals surface area contributed by atoms with Crippen molar-refractivity contribution in [3.8, 4) is 17.1 Å². The van der Waals surface area contributed by atoms with E-state index in [1.807, 2.05) is 84.9 Å². The summed E-state index contributed by atoms with van der Waals surface area (Å²) in [5.41, 5.74) is 2.99. The molecule has 0 saturated heterocycles. The van der Waals surface area contributed by atoms with Gasteiger partial charge in [-0.2, -0.15) is 0 Å². The molecule has 1 heterocycles. The molecule has 0 amide bonds. The van der Waals surface area contributed by atoms with Crippen molar-refractivity contribution in [3.05, 3.63) is 108 Å². The van der Waals surface area contributed by atoms with Gasteiger partial charge in [0.25, 0.3) is 0 Å². The van der Waals surface area contributed by atoms with Gasteiger partial charge in [-0.1, -0.05) is 80.9 Å². The molecule has 0 saturated carbocycles. The zero-order chi connectivity index (χ0) is 25.6. The summed E-state index contributed by atoms with van der Waals surface area (Å²) in [7, 11) is 1.38. The van der Waals surface area contributed by atoms with Crippen molar-refractivity contribution in [2.75, 3.05) is 12.4 Å². The lowest BCUT2D eigenvalue weighted by Crippen LogP contribution is -2.33. The van der Waals surface area contributed by atoms with Crippen molar-refractivity contribution in [3.63, 3.8) is 0 Å². The molecule has 6 heteroatoms. The van der Waals surface area contributed by atoms with E-state index in [1.54, 1.807) is 12.3 Å². The second-order valence-electron chi connectivity index (χ2n) is 8.18. The third-order valence-corrected chi connectivity index (χ3v) is 5.11. The Morgan fingerprint density at radius 1 is 0.861 bits per heavy atom. The summed E-state index contributed by atoms with van der Waals surface area (Å²) < 4.78 is 10.8. The van der Waals surface area contributed by atoms with Crippen molar-refractivity contribution in [2.24, 2.45) is 0 Å². The van der Waals surface area contributed by atoms with Crippen LogP contribution in [0.3, 0.4) is 0 Å². The summed E-state index contributed by atoms with van der Waals surface area (Å²) in [5, 5.41) is 3.19. The van der Waals surface area contributed by atoms with E-state index in [2.05, 4.69) is 29.1 Å². The molecule has 186 valence electrons. The normalized spacial score (nSPS) is 11.0. The van der Waals surface area contributed by atoms with Crippen molar-refractivity contribution in [1.82, 2.24) is 9.97 Å². The first-order valence-corrected chi connectivity index (χ1v) is 12.1. The van der Waals surface area contributed by atoms with Gasteiger partial charge in [-0.25, -0.2) is 14.8 Å². The van der Waals surface area contributed by atoms with Crippen LogP contribution in [0, 0.1) is 0 Å². The SMILES string of the molecule is CCC.COC(=O)C(Cc1ccccc1)Nc1ccnc(-c2ccc(OCc3ccccc3)cc2)n1. The van der Waals surface area contributed by atoms with Crippen molar-refractivity contribution >= 4 is 11.8 Å². The summed E-state index contributed by atoms with van der Waals surface area (Å²) in [5.74, 6) is 1.53. The standard InChI is InChI=1S/C27H25N3O3.C3H8/c1-32-27(31)24(18-20-8-4-2-5-9-20)29-25-16-17-28-26(30-25)22-12-14-23(15-13-22)33-19-21-10-6-3-7-11-21;1-3-2/h2-17,24H,18-19H2,1H3,(H,28,29,30);3H2,1-2H3. The van der Waals surface area contributed by atoms with E-state index in [0.717, 1.165) is 22.4 Å². The number of esters is 1. The maximum absolute atomic E-state index is 12.3. The minimum absolute atomic E-state index is 0.348. The van der Waals surface area contributed by atoms with Gasteiger partial charge in [-0.3, -0.25) is 0 Å². The van der Waals surface area contributed by atoms with Gasteiger partial charge in [0.2, 0.25) is 0 Å². The minimum Gasteiger partial charge on any atom is -0.489 e. The van der Waals surface area contributed by atoms with Crippen LogP contribution in [0.5, 0.6) is 5.75 Å². The Morgan fingerprint density at radius 3 is 2.08 bits per heavy atom. The van der Waals surface area contributed by atoms with Gasteiger partial charge in [0.05, 0.1) is 7.11 Å². The molecule has 0 radical (unpaired) electrons. The molecule has 0 aliphatic rings. The highest BCUT2D eigenvalue weighted by Gasteiger charge is 2.20. The van der Waals surface area contributed by atoms with E-state index in [1.165, 1.54) is 13.5 Å². The first-order valence-electron chi connectivity index (χ1n) is 12.1. The highest BCUT2D eigenvalue weighted by Crippen LogP contribution is 2.21. The van der Waals surface area contributed by atoms with E-state index >= 15 is 0 Å². The zero-order valence-corrected chi connectivity index (χ0v) is 21.1. The van der Waals surface area contributed by atoms with Crippen LogP contribution in [0.15, 0.2) is 97.2 Å². The van der Waals surface area contributed by atoms with E-state index in [9.17, 15) is 4.79 Å². The average molecular weight is 484 g/mol. The number of hydrogen-bond acceptors (Lipinski definition) is 6. The summed E-state index contributed by atoms with van der Waals surface area (Å²) in [4.78, 5) is 21.3. The largest absolute Gasteiger partial charge is 0.489 e. The lowest BCUT2D eigenvalue weighted by molar-refractivity contribution is -0.141. The number of carbonyl (C=O) groups excluding carboxylic acids is 1. The Balaban J connectivity index is 0.00000115. The summed E-state index contributed by atoms with van der Waals surface area (Å²) in [6.45, 7) is 4.76. The molecule has 1 atom stereocenters. The molecule has 1 N–H and O–H groups in total. The number of nitrogens with one attached hydrogen (secondary N) is 1. The second-order valence-corrected chi connectivity index (χ2v) is 8.18. The fourth-order valence-electron chi connectivity index (χ4n) is 3.38. The molecule has 4 rings (SSSR count). The molecule has 3 aromatic carbocycles. The van der Waals surface area contributed by atoms with Gasteiger partial charge in [-0.15, -0.1) is 0 Å². The Morgan fingerprint density at radius 2 is 1.47 bits per heavy atom. The van der Waals surface area contributed by atoms with E-state index in [-0.39, 0.29) is 5.97 Å². The van der Waals surface area contributed by atoms with Gasteiger partial charge in [0.1, 0.15) is 24.2 Å². The summed E-state index contributed by atoms with van der Waals surface area (Å²) in [6, 6.07) is 28.6. The molecular weight excluding hydrogens is 450 g/mol. The Labute approximate surface area is 213 Å². The number of carbonyl (C=O) groups is 1. The van der Waals surface area contributed by atoms with Crippen molar-refractivity contribution < 1.29 is 14.3 Å². The minimum atomic E-state index is -0.561. The number of ether oxygens (including phenoxy) is 2. The molecule has 4 aromatic rings. The highest BCUT2D eigenvalue weighted by atomic mass is 16.5. The van der Waals surface area contributed by atoms with Crippen LogP contribution < -0.4 is 10.1 Å². The van der Waals surface area contributed by atoms with Gasteiger partial charge in [0, 0.05) is 18.2 Å². The third kappa shape index (κ3) is 8.24. The molecule has 6 nitrogen and oxygen atoms in total. The molecular formula is C30H33N3O3. The van der Waals surface area contributed by atoms with Crippen LogP contribution in [0.4, 0.5) is 5.82 Å². The van der Waals surface area contributed by atoms with Crippen molar-refractivity contribution in [1.29, 1.82) is 0 Å². The first kappa shape index (κ1) is 26.4. The molecule has 1 unspecified atom stereocenters. The fraction of sp³-hybridized carbons (Fsp3) is 0.233. The Hall–Kier alpha value is -4.19. The van der Waals surface area contributed by atoms with E-state index in [0.29, 0.717) is 24.7 Å². The number of nitrogens with zero attached hydrogens (tertiary/aromatic N) is 2. The number of benzene rings is 3. The highest BCUT2D eigenvalue weighted by molar-refractivity contribution is 5.79. The number of aromatic nitrogens is 2. The average Bonchev–Trinajstić information content (AvgIpc) is 2.93. The fourth-order valence-corrected chi connectivity index (χ4v) is 3.38. The van der Waals surface area contributed by atoms with Crippen LogP contribution in [-0.2, 0) is 22.6 Å². The predicted octanol–water partition coefficient (Wildman–Crippen LogP) is 6.34. The summed E-state index contributed by atoms with van der Waals surface area (Å²) >= 11 is 0. The van der Waals surface area contributed by atoms with E-state index < -0.39 is 6.04 Å². The molecule has 0 aliphatic carbocycles. The molecule has 1 aromatic heterocycles. The van der Waals surface area contributed by atoms with Gasteiger partial charge in [0.15, 0.2) is 5.82 Å². The number of hydrogen-bond donors (Lipinski definition) is 1. The van der Waals surface area contributed by atoms with Crippen LogP contribution in [0.1, 0.15) is 31.4 Å². The molecule has 36 heavy (non-hydrogen) atoms. The lowest BCUT2D eigenvalue weighted by Gasteiger charge is -2.17.